The van der Waals surface area contributed by atoms with Crippen molar-refractivity contribution < 1.29 is 13.2 Å². The van der Waals surface area contributed by atoms with E-state index in [0.717, 1.165) is 23.3 Å². The summed E-state index contributed by atoms with van der Waals surface area (Å²) in [4.78, 5) is 16.2. The predicted octanol–water partition coefficient (Wildman–Crippen LogP) is 4.57. The van der Waals surface area contributed by atoms with Crippen LogP contribution in [0.5, 0.6) is 0 Å². The molecular formula is C19H15FN2O3S. The fourth-order valence-electron chi connectivity index (χ4n) is 2.68. The number of para-hydroxylation sites is 2. The van der Waals surface area contributed by atoms with Crippen LogP contribution in [0.15, 0.2) is 73.6 Å². The average Bonchev–Trinajstić information content (AvgIpc) is 3.24. The fraction of sp³-hybridized carbons (Fsp3) is 0.158. The van der Waals surface area contributed by atoms with Gasteiger partial charge in [0.15, 0.2) is 11.3 Å². The van der Waals surface area contributed by atoms with Gasteiger partial charge in [0.1, 0.15) is 5.82 Å². The van der Waals surface area contributed by atoms with Crippen LogP contribution in [0.25, 0.3) is 22.4 Å². The molecule has 0 unspecified atom stereocenters. The van der Waals surface area contributed by atoms with Gasteiger partial charge in [0.2, 0.25) is 0 Å². The van der Waals surface area contributed by atoms with Crippen LogP contribution in [0.4, 0.5) is 4.39 Å². The van der Waals surface area contributed by atoms with E-state index in [4.69, 9.17) is 8.83 Å². The number of aromatic nitrogens is 2. The number of nitrogens with zero attached hydrogens (tertiary/aromatic N) is 2. The monoisotopic (exact) mass is 370 g/mol. The van der Waals surface area contributed by atoms with Gasteiger partial charge < -0.3 is 8.83 Å². The van der Waals surface area contributed by atoms with E-state index in [9.17, 15) is 9.18 Å². The molecule has 2 aromatic heterocycles. The van der Waals surface area contributed by atoms with Crippen LogP contribution in [0, 0.1) is 5.82 Å². The summed E-state index contributed by atoms with van der Waals surface area (Å²) in [5.41, 5.74) is 2.18. The first-order valence-electron chi connectivity index (χ1n) is 8.14. The van der Waals surface area contributed by atoms with Crippen LogP contribution in [0.1, 0.15) is 6.42 Å². The fourth-order valence-corrected chi connectivity index (χ4v) is 3.40. The van der Waals surface area contributed by atoms with Gasteiger partial charge in [-0.1, -0.05) is 23.9 Å². The van der Waals surface area contributed by atoms with Crippen molar-refractivity contribution in [1.82, 2.24) is 9.55 Å². The van der Waals surface area contributed by atoms with Crippen LogP contribution in [-0.4, -0.2) is 15.3 Å². The van der Waals surface area contributed by atoms with Crippen molar-refractivity contribution in [2.24, 2.45) is 0 Å². The molecule has 0 fully saturated rings. The topological polar surface area (TPSA) is 61.2 Å². The van der Waals surface area contributed by atoms with Crippen molar-refractivity contribution >= 4 is 22.9 Å². The standard InChI is InChI=1S/C19H15FN2O3S/c20-14-8-6-13(7-9-14)17-12-21-18(24-17)26-11-3-10-22-15-4-1-2-5-16(15)25-19(22)23/h1-2,4-9,12H,3,10-11H2. The number of thioether (sulfide) groups is 1. The number of hydrogen-bond acceptors (Lipinski definition) is 5. The average molecular weight is 370 g/mol. The lowest BCUT2D eigenvalue weighted by Crippen LogP contribution is -2.14. The molecular weight excluding hydrogens is 355 g/mol. The van der Waals surface area contributed by atoms with Gasteiger partial charge in [0, 0.05) is 17.9 Å². The Kier molecular flexibility index (Phi) is 4.62. The number of fused-ring (bicyclic) bond motifs is 1. The molecule has 0 aliphatic carbocycles. The van der Waals surface area contributed by atoms with Crippen molar-refractivity contribution in [2.75, 3.05) is 5.75 Å². The molecule has 26 heavy (non-hydrogen) atoms. The lowest BCUT2D eigenvalue weighted by molar-refractivity contribution is 0.465. The van der Waals surface area contributed by atoms with E-state index < -0.39 is 0 Å². The highest BCUT2D eigenvalue weighted by molar-refractivity contribution is 7.99. The number of benzene rings is 2. The van der Waals surface area contributed by atoms with Gasteiger partial charge >= 0.3 is 5.76 Å². The molecule has 0 bridgehead atoms. The number of aryl methyl sites for hydroxylation is 1. The molecule has 0 atom stereocenters. The zero-order chi connectivity index (χ0) is 17.9. The van der Waals surface area contributed by atoms with Crippen molar-refractivity contribution in [3.63, 3.8) is 0 Å². The summed E-state index contributed by atoms with van der Waals surface area (Å²) in [7, 11) is 0. The molecule has 2 aromatic carbocycles. The lowest BCUT2D eigenvalue weighted by atomic mass is 10.2. The third-order valence-corrected chi connectivity index (χ3v) is 4.87. The highest BCUT2D eigenvalue weighted by Crippen LogP contribution is 2.26. The molecule has 132 valence electrons. The lowest BCUT2D eigenvalue weighted by Gasteiger charge is -2.01. The van der Waals surface area contributed by atoms with Crippen LogP contribution in [0.3, 0.4) is 0 Å². The van der Waals surface area contributed by atoms with Crippen LogP contribution >= 0.6 is 11.8 Å². The first-order valence-corrected chi connectivity index (χ1v) is 9.12. The molecule has 0 saturated heterocycles. The third-order valence-electron chi connectivity index (χ3n) is 3.94. The van der Waals surface area contributed by atoms with E-state index in [1.165, 1.54) is 23.9 Å². The Bertz CT molecular complexity index is 1080. The van der Waals surface area contributed by atoms with Gasteiger partial charge in [-0.15, -0.1) is 0 Å². The zero-order valence-corrected chi connectivity index (χ0v) is 14.5. The van der Waals surface area contributed by atoms with E-state index >= 15 is 0 Å². The van der Waals surface area contributed by atoms with Crippen molar-refractivity contribution in [3.05, 3.63) is 71.1 Å². The molecule has 4 aromatic rings. The quantitative estimate of drug-likeness (QED) is 0.367. The second-order valence-electron chi connectivity index (χ2n) is 5.69. The summed E-state index contributed by atoms with van der Waals surface area (Å²) < 4.78 is 25.5. The van der Waals surface area contributed by atoms with Crippen LogP contribution in [0.2, 0.25) is 0 Å². The van der Waals surface area contributed by atoms with E-state index in [1.54, 1.807) is 29.0 Å². The number of rotatable bonds is 6. The van der Waals surface area contributed by atoms with Crippen molar-refractivity contribution in [3.8, 4) is 11.3 Å². The predicted molar refractivity (Wildman–Crippen MR) is 97.7 cm³/mol. The summed E-state index contributed by atoms with van der Waals surface area (Å²) in [6, 6.07) is 13.5. The molecule has 2 heterocycles. The first kappa shape index (κ1) is 16.7. The summed E-state index contributed by atoms with van der Waals surface area (Å²) in [6.07, 6.45) is 2.39. The normalized spacial score (nSPS) is 11.3. The SMILES string of the molecule is O=c1oc2ccccc2n1CCCSc1ncc(-c2ccc(F)cc2)o1. The van der Waals surface area contributed by atoms with Gasteiger partial charge in [0.25, 0.3) is 5.22 Å². The molecule has 0 amide bonds. The van der Waals surface area contributed by atoms with Gasteiger partial charge in [-0.2, -0.15) is 0 Å². The Morgan fingerprint density at radius 3 is 2.73 bits per heavy atom. The minimum absolute atomic E-state index is 0.287. The second-order valence-corrected chi connectivity index (χ2v) is 6.73. The second kappa shape index (κ2) is 7.21. The van der Waals surface area contributed by atoms with E-state index in [0.29, 0.717) is 23.1 Å². The zero-order valence-electron chi connectivity index (χ0n) is 13.7. The highest BCUT2D eigenvalue weighted by atomic mass is 32.2. The largest absolute Gasteiger partial charge is 0.431 e. The highest BCUT2D eigenvalue weighted by Gasteiger charge is 2.10. The number of hydrogen-bond donors (Lipinski definition) is 0. The van der Waals surface area contributed by atoms with Crippen molar-refractivity contribution in [2.45, 2.75) is 18.2 Å². The Balaban J connectivity index is 1.36. The summed E-state index contributed by atoms with van der Waals surface area (Å²) in [5.74, 6) is 0.718. The molecule has 7 heteroatoms. The molecule has 0 radical (unpaired) electrons. The molecule has 5 nitrogen and oxygen atoms in total. The maximum Gasteiger partial charge on any atom is 0.419 e. The smallest absolute Gasteiger partial charge is 0.419 e. The van der Waals surface area contributed by atoms with Gasteiger partial charge in [-0.05, 0) is 42.8 Å². The van der Waals surface area contributed by atoms with E-state index in [-0.39, 0.29) is 11.6 Å². The molecule has 0 aliphatic rings. The third kappa shape index (κ3) is 3.43. The minimum atomic E-state index is -0.342. The first-order chi connectivity index (χ1) is 12.7. The number of oxazole rings is 2. The maximum absolute atomic E-state index is 13.0. The van der Waals surface area contributed by atoms with E-state index in [1.807, 2.05) is 18.2 Å². The maximum atomic E-state index is 13.0. The summed E-state index contributed by atoms with van der Waals surface area (Å²) in [6.45, 7) is 0.564. The molecule has 4 rings (SSSR count). The van der Waals surface area contributed by atoms with Crippen LogP contribution in [-0.2, 0) is 6.54 Å². The number of halogens is 1. The van der Waals surface area contributed by atoms with Crippen molar-refractivity contribution in [1.29, 1.82) is 0 Å². The van der Waals surface area contributed by atoms with Gasteiger partial charge in [0.05, 0.1) is 11.7 Å². The molecule has 0 N–H and O–H groups in total. The molecule has 0 aliphatic heterocycles. The molecule has 0 spiro atoms. The Morgan fingerprint density at radius 1 is 1.08 bits per heavy atom. The molecule has 0 saturated carbocycles. The van der Waals surface area contributed by atoms with E-state index in [2.05, 4.69) is 4.98 Å². The summed E-state index contributed by atoms with van der Waals surface area (Å²) in [5, 5.41) is 0.550. The Morgan fingerprint density at radius 2 is 1.88 bits per heavy atom. The minimum Gasteiger partial charge on any atom is -0.431 e. The Labute approximate surface area is 152 Å². The van der Waals surface area contributed by atoms with Crippen LogP contribution < -0.4 is 5.76 Å². The van der Waals surface area contributed by atoms with Gasteiger partial charge in [-0.25, -0.2) is 14.2 Å². The van der Waals surface area contributed by atoms with Gasteiger partial charge in [-0.3, -0.25) is 4.57 Å². The Hall–Kier alpha value is -2.80. The summed E-state index contributed by atoms with van der Waals surface area (Å²) >= 11 is 1.47.